The van der Waals surface area contributed by atoms with E-state index < -0.39 is 0 Å². The molecule has 0 spiro atoms. The van der Waals surface area contributed by atoms with Gasteiger partial charge in [0, 0.05) is 29.4 Å². The van der Waals surface area contributed by atoms with E-state index in [2.05, 4.69) is 21.2 Å². The van der Waals surface area contributed by atoms with Crippen LogP contribution in [-0.4, -0.2) is 17.0 Å². The third kappa shape index (κ3) is 3.19. The minimum atomic E-state index is 0.0337. The molecular formula is C14H16BrNO2. The number of nitrogens with one attached hydrogen (secondary N) is 1. The Bertz CT molecular complexity index is 471. The first-order valence-electron chi connectivity index (χ1n) is 6.22. The highest BCUT2D eigenvalue weighted by Gasteiger charge is 2.16. The summed E-state index contributed by atoms with van der Waals surface area (Å²) >= 11 is 3.35. The molecular weight excluding hydrogens is 294 g/mol. The molecule has 0 aliphatic carbocycles. The molecule has 1 amide bonds. The number of carbonyl (C=O) groups excluding carboxylic acids is 2. The van der Waals surface area contributed by atoms with Crippen molar-refractivity contribution in [2.45, 2.75) is 32.1 Å². The van der Waals surface area contributed by atoms with Crippen molar-refractivity contribution in [3.8, 4) is 0 Å². The van der Waals surface area contributed by atoms with Crippen molar-refractivity contribution in [1.29, 1.82) is 0 Å². The molecule has 1 aromatic rings. The molecule has 0 radical (unpaired) electrons. The number of benzene rings is 1. The standard InChI is InChI=1S/C14H16BrNO2/c15-8-2-1-3-13(17)11-5-4-10-6-7-14(18)16-12(10)9-11/h4-5,9H,1-3,6-8H2,(H,16,18). The van der Waals surface area contributed by atoms with Gasteiger partial charge in [-0.05, 0) is 30.9 Å². The lowest BCUT2D eigenvalue weighted by Crippen LogP contribution is -2.19. The largest absolute Gasteiger partial charge is 0.326 e. The van der Waals surface area contributed by atoms with E-state index >= 15 is 0 Å². The molecule has 0 unspecified atom stereocenters. The summed E-state index contributed by atoms with van der Waals surface area (Å²) in [4.78, 5) is 23.3. The number of hydrogen-bond acceptors (Lipinski definition) is 2. The van der Waals surface area contributed by atoms with Gasteiger partial charge in [-0.1, -0.05) is 28.1 Å². The average Bonchev–Trinajstić information content (AvgIpc) is 2.38. The summed E-state index contributed by atoms with van der Waals surface area (Å²) in [6.07, 6.45) is 3.77. The highest BCUT2D eigenvalue weighted by atomic mass is 79.9. The van der Waals surface area contributed by atoms with E-state index in [4.69, 9.17) is 0 Å². The van der Waals surface area contributed by atoms with Crippen LogP contribution in [0, 0.1) is 0 Å². The van der Waals surface area contributed by atoms with Gasteiger partial charge in [-0.3, -0.25) is 9.59 Å². The maximum absolute atomic E-state index is 12.0. The monoisotopic (exact) mass is 309 g/mol. The average molecular weight is 310 g/mol. The number of fused-ring (bicyclic) bond motifs is 1. The Labute approximate surface area is 115 Å². The van der Waals surface area contributed by atoms with Crippen LogP contribution in [-0.2, 0) is 11.2 Å². The van der Waals surface area contributed by atoms with Gasteiger partial charge in [0.1, 0.15) is 0 Å². The fraction of sp³-hybridized carbons (Fsp3) is 0.429. The van der Waals surface area contributed by atoms with Crippen molar-refractivity contribution >= 4 is 33.3 Å². The summed E-state index contributed by atoms with van der Waals surface area (Å²) in [5.41, 5.74) is 2.62. The maximum Gasteiger partial charge on any atom is 0.224 e. The fourth-order valence-corrected chi connectivity index (χ4v) is 2.47. The van der Waals surface area contributed by atoms with Gasteiger partial charge in [0.2, 0.25) is 5.91 Å². The number of unbranched alkanes of at least 4 members (excludes halogenated alkanes) is 1. The minimum Gasteiger partial charge on any atom is -0.326 e. The Morgan fingerprint density at radius 2 is 2.11 bits per heavy atom. The first kappa shape index (κ1) is 13.3. The fourth-order valence-electron chi connectivity index (χ4n) is 2.07. The van der Waals surface area contributed by atoms with Crippen LogP contribution >= 0.6 is 15.9 Å². The number of hydrogen-bond donors (Lipinski definition) is 1. The Morgan fingerprint density at radius 1 is 1.28 bits per heavy atom. The third-order valence-corrected chi connectivity index (χ3v) is 3.68. The van der Waals surface area contributed by atoms with Gasteiger partial charge in [0.05, 0.1) is 0 Å². The molecule has 0 saturated heterocycles. The second-order valence-electron chi connectivity index (χ2n) is 4.49. The number of carbonyl (C=O) groups is 2. The molecule has 1 aliphatic rings. The molecule has 2 rings (SSSR count). The van der Waals surface area contributed by atoms with Gasteiger partial charge >= 0.3 is 0 Å². The zero-order chi connectivity index (χ0) is 13.0. The molecule has 1 N–H and O–H groups in total. The van der Waals surface area contributed by atoms with Gasteiger partial charge in [-0.2, -0.15) is 0 Å². The van der Waals surface area contributed by atoms with Crippen LogP contribution < -0.4 is 5.32 Å². The van der Waals surface area contributed by atoms with E-state index in [1.807, 2.05) is 18.2 Å². The Hall–Kier alpha value is -1.16. The van der Waals surface area contributed by atoms with Crippen molar-refractivity contribution < 1.29 is 9.59 Å². The molecule has 0 atom stereocenters. The number of rotatable bonds is 5. The Balaban J connectivity index is 2.08. The van der Waals surface area contributed by atoms with Crippen LogP contribution in [0.25, 0.3) is 0 Å². The van der Waals surface area contributed by atoms with Crippen molar-refractivity contribution in [2.75, 3.05) is 10.6 Å². The predicted molar refractivity (Wildman–Crippen MR) is 75.4 cm³/mol. The summed E-state index contributed by atoms with van der Waals surface area (Å²) in [6.45, 7) is 0. The SMILES string of the molecule is O=C1CCc2ccc(C(=O)CCCCBr)cc2N1. The van der Waals surface area contributed by atoms with Crippen molar-refractivity contribution in [1.82, 2.24) is 0 Å². The van der Waals surface area contributed by atoms with Crippen LogP contribution in [0.2, 0.25) is 0 Å². The molecule has 1 heterocycles. The van der Waals surface area contributed by atoms with Crippen molar-refractivity contribution in [3.63, 3.8) is 0 Å². The lowest BCUT2D eigenvalue weighted by atomic mass is 9.98. The highest BCUT2D eigenvalue weighted by Crippen LogP contribution is 2.24. The number of anilines is 1. The number of amides is 1. The normalized spacial score (nSPS) is 13.9. The molecule has 1 aliphatic heterocycles. The zero-order valence-electron chi connectivity index (χ0n) is 10.2. The molecule has 18 heavy (non-hydrogen) atoms. The third-order valence-electron chi connectivity index (χ3n) is 3.11. The predicted octanol–water partition coefficient (Wildman–Crippen LogP) is 3.32. The number of alkyl halides is 1. The Morgan fingerprint density at radius 3 is 2.89 bits per heavy atom. The summed E-state index contributed by atoms with van der Waals surface area (Å²) < 4.78 is 0. The second-order valence-corrected chi connectivity index (χ2v) is 5.28. The summed E-state index contributed by atoms with van der Waals surface area (Å²) in [7, 11) is 0. The van der Waals surface area contributed by atoms with Gasteiger partial charge < -0.3 is 5.32 Å². The summed E-state index contributed by atoms with van der Waals surface area (Å²) in [6, 6.07) is 5.63. The molecule has 1 aromatic carbocycles. The molecule has 0 aromatic heterocycles. The molecule has 0 saturated carbocycles. The van der Waals surface area contributed by atoms with Crippen molar-refractivity contribution in [2.24, 2.45) is 0 Å². The smallest absolute Gasteiger partial charge is 0.224 e. The van der Waals surface area contributed by atoms with Gasteiger partial charge in [-0.25, -0.2) is 0 Å². The molecule has 0 fully saturated rings. The highest BCUT2D eigenvalue weighted by molar-refractivity contribution is 9.09. The molecule has 96 valence electrons. The topological polar surface area (TPSA) is 46.2 Å². The van der Waals surface area contributed by atoms with Gasteiger partial charge in [0.25, 0.3) is 0 Å². The first-order valence-corrected chi connectivity index (χ1v) is 7.35. The molecule has 4 heteroatoms. The van der Waals surface area contributed by atoms with Crippen LogP contribution in [0.1, 0.15) is 41.6 Å². The zero-order valence-corrected chi connectivity index (χ0v) is 11.8. The van der Waals surface area contributed by atoms with Crippen molar-refractivity contribution in [3.05, 3.63) is 29.3 Å². The number of aryl methyl sites for hydroxylation is 1. The summed E-state index contributed by atoms with van der Waals surface area (Å²) in [5, 5.41) is 3.75. The maximum atomic E-state index is 12.0. The van der Waals surface area contributed by atoms with Crippen LogP contribution in [0.5, 0.6) is 0 Å². The quantitative estimate of drug-likeness (QED) is 0.515. The van der Waals surface area contributed by atoms with E-state index in [1.54, 1.807) is 0 Å². The number of ketones is 1. The van der Waals surface area contributed by atoms with E-state index in [0.717, 1.165) is 35.8 Å². The van der Waals surface area contributed by atoms with Crippen LogP contribution in [0.3, 0.4) is 0 Å². The van der Waals surface area contributed by atoms with Gasteiger partial charge in [-0.15, -0.1) is 0 Å². The van der Waals surface area contributed by atoms with E-state index in [1.165, 1.54) is 0 Å². The Kier molecular flexibility index (Phi) is 4.53. The molecule has 3 nitrogen and oxygen atoms in total. The number of Topliss-reactive ketones (excluding diaryl/α,β-unsaturated/α-hetero) is 1. The van der Waals surface area contributed by atoms with E-state index in [-0.39, 0.29) is 11.7 Å². The van der Waals surface area contributed by atoms with Gasteiger partial charge in [0.15, 0.2) is 5.78 Å². The lowest BCUT2D eigenvalue weighted by molar-refractivity contribution is -0.116. The number of halogens is 1. The molecule has 0 bridgehead atoms. The van der Waals surface area contributed by atoms with Crippen LogP contribution in [0.15, 0.2) is 18.2 Å². The van der Waals surface area contributed by atoms with E-state index in [9.17, 15) is 9.59 Å². The first-order chi connectivity index (χ1) is 8.70. The second kappa shape index (κ2) is 6.14. The lowest BCUT2D eigenvalue weighted by Gasteiger charge is -2.17. The van der Waals surface area contributed by atoms with Crippen LogP contribution in [0.4, 0.5) is 5.69 Å². The minimum absolute atomic E-state index is 0.0337. The van der Waals surface area contributed by atoms with E-state index in [0.29, 0.717) is 18.4 Å². The summed E-state index contributed by atoms with van der Waals surface area (Å²) in [5.74, 6) is 0.185.